The van der Waals surface area contributed by atoms with Gasteiger partial charge in [0.25, 0.3) is 5.91 Å². The molecule has 0 saturated carbocycles. The number of piperidine rings is 1. The molecule has 0 unspecified atom stereocenters. The normalized spacial score (nSPS) is 18.2. The molecule has 1 N–H and O–H groups in total. The van der Waals surface area contributed by atoms with Crippen LogP contribution in [0.25, 0.3) is 10.9 Å². The topological polar surface area (TPSA) is 66.8 Å². The minimum Gasteiger partial charge on any atom is -0.337 e. The smallest absolute Gasteiger partial charge is 0.254 e. The van der Waals surface area contributed by atoms with Gasteiger partial charge in [-0.25, -0.2) is 4.98 Å². The second kappa shape index (κ2) is 6.35. The summed E-state index contributed by atoms with van der Waals surface area (Å²) < 4.78 is 2.25. The first kappa shape index (κ1) is 15.9. The summed E-state index contributed by atoms with van der Waals surface area (Å²) >= 11 is 0. The lowest BCUT2D eigenvalue weighted by Gasteiger charge is -2.34. The molecule has 1 atom stereocenters. The molecular formula is C19H23N5O. The molecule has 0 spiro atoms. The molecule has 0 radical (unpaired) electrons. The van der Waals surface area contributed by atoms with E-state index in [9.17, 15) is 4.79 Å². The van der Waals surface area contributed by atoms with Crippen LogP contribution in [0.4, 0.5) is 0 Å². The Kier molecular flexibility index (Phi) is 4.03. The number of fused-ring (bicyclic) bond motifs is 1. The number of amides is 1. The molecule has 0 aliphatic carbocycles. The van der Waals surface area contributed by atoms with Gasteiger partial charge in [-0.1, -0.05) is 19.9 Å². The fraction of sp³-hybridized carbons (Fsp3) is 0.421. The summed E-state index contributed by atoms with van der Waals surface area (Å²) in [5, 5.41) is 7.89. The molecule has 1 fully saturated rings. The average molecular weight is 337 g/mol. The zero-order valence-electron chi connectivity index (χ0n) is 14.6. The summed E-state index contributed by atoms with van der Waals surface area (Å²) in [4.78, 5) is 19.6. The molecule has 6 nitrogen and oxygen atoms in total. The van der Waals surface area contributed by atoms with E-state index in [1.807, 2.05) is 35.5 Å². The molecule has 3 aromatic rings. The number of carbonyl (C=O) groups is 1. The van der Waals surface area contributed by atoms with Crippen LogP contribution < -0.4 is 0 Å². The minimum absolute atomic E-state index is 0.0860. The van der Waals surface area contributed by atoms with Crippen LogP contribution in [0, 0.1) is 0 Å². The standard InChI is InChI=1S/C19H23N5O/c1-13(2)18-20-8-10-24(18)14-5-4-9-23(12-14)19(25)15-6-3-7-17-16(15)11-21-22-17/h3,6-8,10-11,13-14H,4-5,9,12H2,1-2H3,(H,21,22)/t14-/m1/s1. The number of nitrogens with zero attached hydrogens (tertiary/aromatic N) is 4. The average Bonchev–Trinajstić information content (AvgIpc) is 3.30. The van der Waals surface area contributed by atoms with E-state index in [0.717, 1.165) is 48.2 Å². The Hall–Kier alpha value is -2.63. The molecule has 1 amide bonds. The maximum Gasteiger partial charge on any atom is 0.254 e. The van der Waals surface area contributed by atoms with Gasteiger partial charge in [-0.2, -0.15) is 5.10 Å². The van der Waals surface area contributed by atoms with Crippen molar-refractivity contribution in [2.24, 2.45) is 0 Å². The van der Waals surface area contributed by atoms with Crippen LogP contribution in [0.5, 0.6) is 0 Å². The van der Waals surface area contributed by atoms with Crippen molar-refractivity contribution in [2.45, 2.75) is 38.6 Å². The predicted molar refractivity (Wildman–Crippen MR) is 96.6 cm³/mol. The molecule has 3 heterocycles. The molecular weight excluding hydrogens is 314 g/mol. The lowest BCUT2D eigenvalue weighted by Crippen LogP contribution is -2.41. The Morgan fingerprint density at radius 2 is 2.24 bits per heavy atom. The fourth-order valence-corrected chi connectivity index (χ4v) is 3.77. The van der Waals surface area contributed by atoms with Crippen molar-refractivity contribution >= 4 is 16.8 Å². The number of rotatable bonds is 3. The summed E-state index contributed by atoms with van der Waals surface area (Å²) in [6, 6.07) is 6.03. The van der Waals surface area contributed by atoms with Crippen LogP contribution in [0.2, 0.25) is 0 Å². The van der Waals surface area contributed by atoms with Gasteiger partial charge < -0.3 is 9.47 Å². The Bertz CT molecular complexity index is 894. The van der Waals surface area contributed by atoms with Gasteiger partial charge in [-0.15, -0.1) is 0 Å². The molecule has 6 heteroatoms. The maximum absolute atomic E-state index is 13.1. The van der Waals surface area contributed by atoms with E-state index in [1.54, 1.807) is 6.20 Å². The van der Waals surface area contributed by atoms with Gasteiger partial charge in [0.1, 0.15) is 5.82 Å². The van der Waals surface area contributed by atoms with Crippen LogP contribution in [-0.2, 0) is 0 Å². The lowest BCUT2D eigenvalue weighted by atomic mass is 10.0. The predicted octanol–water partition coefficient (Wildman–Crippen LogP) is 3.36. The largest absolute Gasteiger partial charge is 0.337 e. The Labute approximate surface area is 146 Å². The number of likely N-dealkylation sites (tertiary alicyclic amines) is 1. The summed E-state index contributed by atoms with van der Waals surface area (Å²) in [5.74, 6) is 1.56. The van der Waals surface area contributed by atoms with Crippen LogP contribution in [0.3, 0.4) is 0 Å². The first-order valence-electron chi connectivity index (χ1n) is 8.89. The van der Waals surface area contributed by atoms with Gasteiger partial charge in [-0.3, -0.25) is 9.89 Å². The van der Waals surface area contributed by atoms with Gasteiger partial charge in [0.05, 0.1) is 23.3 Å². The Balaban J connectivity index is 1.60. The molecule has 1 aliphatic rings. The highest BCUT2D eigenvalue weighted by Gasteiger charge is 2.27. The van der Waals surface area contributed by atoms with Crippen molar-refractivity contribution in [1.82, 2.24) is 24.6 Å². The third kappa shape index (κ3) is 2.81. The molecule has 1 aliphatic heterocycles. The van der Waals surface area contributed by atoms with E-state index >= 15 is 0 Å². The summed E-state index contributed by atoms with van der Waals surface area (Å²) in [7, 11) is 0. The number of H-pyrrole nitrogens is 1. The minimum atomic E-state index is 0.0860. The first-order valence-corrected chi connectivity index (χ1v) is 8.89. The van der Waals surface area contributed by atoms with Crippen LogP contribution in [0.15, 0.2) is 36.8 Å². The molecule has 25 heavy (non-hydrogen) atoms. The van der Waals surface area contributed by atoms with Gasteiger partial charge in [0, 0.05) is 36.8 Å². The van der Waals surface area contributed by atoms with Gasteiger partial charge in [-0.05, 0) is 25.0 Å². The van der Waals surface area contributed by atoms with Crippen molar-refractivity contribution in [2.75, 3.05) is 13.1 Å². The summed E-state index contributed by atoms with van der Waals surface area (Å²) in [6.45, 7) is 5.84. The first-order chi connectivity index (χ1) is 12.1. The van der Waals surface area contributed by atoms with Crippen LogP contribution in [0.1, 0.15) is 54.8 Å². The van der Waals surface area contributed by atoms with E-state index in [1.165, 1.54) is 0 Å². The van der Waals surface area contributed by atoms with E-state index in [2.05, 4.69) is 33.6 Å². The number of imidazole rings is 1. The summed E-state index contributed by atoms with van der Waals surface area (Å²) in [6.07, 6.45) is 7.73. The number of aromatic nitrogens is 4. The van der Waals surface area contributed by atoms with Crippen molar-refractivity contribution in [3.8, 4) is 0 Å². The number of hydrogen-bond acceptors (Lipinski definition) is 3. The fourth-order valence-electron chi connectivity index (χ4n) is 3.77. The number of hydrogen-bond donors (Lipinski definition) is 1. The van der Waals surface area contributed by atoms with Gasteiger partial charge in [0.2, 0.25) is 0 Å². The van der Waals surface area contributed by atoms with E-state index in [-0.39, 0.29) is 5.91 Å². The van der Waals surface area contributed by atoms with E-state index in [0.29, 0.717) is 12.0 Å². The molecule has 130 valence electrons. The number of nitrogens with one attached hydrogen (secondary N) is 1. The third-order valence-electron chi connectivity index (χ3n) is 5.01. The lowest BCUT2D eigenvalue weighted by molar-refractivity contribution is 0.0679. The summed E-state index contributed by atoms with van der Waals surface area (Å²) in [5.41, 5.74) is 1.62. The highest BCUT2D eigenvalue weighted by Crippen LogP contribution is 2.27. The maximum atomic E-state index is 13.1. The van der Waals surface area contributed by atoms with Crippen molar-refractivity contribution in [1.29, 1.82) is 0 Å². The second-order valence-corrected chi connectivity index (χ2v) is 7.03. The molecule has 1 saturated heterocycles. The zero-order valence-corrected chi connectivity index (χ0v) is 14.6. The van der Waals surface area contributed by atoms with E-state index in [4.69, 9.17) is 0 Å². The molecule has 1 aromatic carbocycles. The highest BCUT2D eigenvalue weighted by atomic mass is 16.2. The van der Waals surface area contributed by atoms with Crippen molar-refractivity contribution in [3.63, 3.8) is 0 Å². The molecule has 0 bridgehead atoms. The van der Waals surface area contributed by atoms with Gasteiger partial charge >= 0.3 is 0 Å². The van der Waals surface area contributed by atoms with Crippen LogP contribution in [-0.4, -0.2) is 43.6 Å². The van der Waals surface area contributed by atoms with Gasteiger partial charge in [0.15, 0.2) is 0 Å². The molecule has 4 rings (SSSR count). The monoisotopic (exact) mass is 337 g/mol. The molecule has 2 aromatic heterocycles. The highest BCUT2D eigenvalue weighted by molar-refractivity contribution is 6.06. The second-order valence-electron chi connectivity index (χ2n) is 7.03. The Morgan fingerprint density at radius 1 is 1.36 bits per heavy atom. The third-order valence-corrected chi connectivity index (χ3v) is 5.01. The number of carbonyl (C=O) groups excluding carboxylic acids is 1. The van der Waals surface area contributed by atoms with Crippen LogP contribution >= 0.6 is 0 Å². The van der Waals surface area contributed by atoms with E-state index < -0.39 is 0 Å². The van der Waals surface area contributed by atoms with Crippen molar-refractivity contribution in [3.05, 3.63) is 48.2 Å². The Morgan fingerprint density at radius 3 is 3.08 bits per heavy atom. The number of aromatic amines is 1. The SMILES string of the molecule is CC(C)c1nccn1[C@@H]1CCCN(C(=O)c2cccc3[nH]ncc23)C1. The van der Waals surface area contributed by atoms with Crippen molar-refractivity contribution < 1.29 is 4.79 Å². The quantitative estimate of drug-likeness (QED) is 0.797. The number of benzene rings is 1. The zero-order chi connectivity index (χ0) is 17.4.